The molecule has 0 aliphatic rings. The maximum atomic E-state index is 13.0. The summed E-state index contributed by atoms with van der Waals surface area (Å²) in [5, 5.41) is 8.99. The molecule has 2 rings (SSSR count). The minimum absolute atomic E-state index is 0.0143. The predicted molar refractivity (Wildman–Crippen MR) is 67.4 cm³/mol. The van der Waals surface area contributed by atoms with Crippen LogP contribution in [0.2, 0.25) is 5.02 Å². The first-order chi connectivity index (χ1) is 8.61. The third-order valence-electron chi connectivity index (χ3n) is 2.44. The number of halogens is 2. The Hall–Kier alpha value is -2.05. The van der Waals surface area contributed by atoms with Gasteiger partial charge in [0.25, 0.3) is 0 Å². The van der Waals surface area contributed by atoms with Gasteiger partial charge in [-0.3, -0.25) is 0 Å². The fraction of sp³-hybridized carbons (Fsp3) is 0.0714. The first-order valence-electron chi connectivity index (χ1n) is 5.24. The third kappa shape index (κ3) is 2.44. The number of hydrogen-bond acceptors (Lipinski definition) is 2. The van der Waals surface area contributed by atoms with Crippen molar-refractivity contribution in [3.63, 3.8) is 0 Å². The van der Waals surface area contributed by atoms with Gasteiger partial charge in [-0.2, -0.15) is 5.26 Å². The molecule has 0 saturated carbocycles. The fourth-order valence-electron chi connectivity index (χ4n) is 1.53. The smallest absolute Gasteiger partial charge is 0.148 e. The van der Waals surface area contributed by atoms with Crippen LogP contribution in [0.4, 0.5) is 4.39 Å². The molecule has 90 valence electrons. The summed E-state index contributed by atoms with van der Waals surface area (Å²) in [6.07, 6.45) is 0. The second-order valence-corrected chi connectivity index (χ2v) is 4.15. The second kappa shape index (κ2) is 5.07. The molecule has 0 radical (unpaired) electrons. The first kappa shape index (κ1) is 12.4. The Kier molecular flexibility index (Phi) is 3.50. The lowest BCUT2D eigenvalue weighted by Gasteiger charge is -2.10. The molecule has 4 heteroatoms. The van der Waals surface area contributed by atoms with Crippen LogP contribution in [-0.4, -0.2) is 0 Å². The zero-order valence-electron chi connectivity index (χ0n) is 9.58. The van der Waals surface area contributed by atoms with E-state index in [0.29, 0.717) is 17.1 Å². The molecule has 0 spiro atoms. The average Bonchev–Trinajstić information content (AvgIpc) is 2.36. The van der Waals surface area contributed by atoms with E-state index in [9.17, 15) is 4.39 Å². The van der Waals surface area contributed by atoms with Gasteiger partial charge in [0.05, 0.1) is 10.6 Å². The van der Waals surface area contributed by atoms with Gasteiger partial charge in [0.15, 0.2) is 0 Å². The largest absolute Gasteiger partial charge is 0.456 e. The Balaban J connectivity index is 2.40. The lowest BCUT2D eigenvalue weighted by Crippen LogP contribution is -1.92. The molecule has 2 aromatic carbocycles. The Morgan fingerprint density at radius 2 is 2.06 bits per heavy atom. The number of benzene rings is 2. The number of para-hydroxylation sites is 1. The Bertz CT molecular complexity index is 634. The van der Waals surface area contributed by atoms with Crippen molar-refractivity contribution < 1.29 is 9.13 Å². The molecular weight excluding hydrogens is 253 g/mol. The molecule has 0 bridgehead atoms. The molecule has 2 nitrogen and oxygen atoms in total. The normalized spacial score (nSPS) is 9.89. The van der Waals surface area contributed by atoms with E-state index in [0.717, 1.165) is 5.56 Å². The van der Waals surface area contributed by atoms with Crippen molar-refractivity contribution in [2.75, 3.05) is 0 Å². The quantitative estimate of drug-likeness (QED) is 0.800. The highest BCUT2D eigenvalue weighted by atomic mass is 35.5. The van der Waals surface area contributed by atoms with E-state index in [4.69, 9.17) is 21.6 Å². The van der Waals surface area contributed by atoms with E-state index in [2.05, 4.69) is 6.07 Å². The molecule has 0 aliphatic carbocycles. The summed E-state index contributed by atoms with van der Waals surface area (Å²) in [7, 11) is 0. The Labute approximate surface area is 109 Å². The highest BCUT2D eigenvalue weighted by Gasteiger charge is 2.09. The van der Waals surface area contributed by atoms with Crippen molar-refractivity contribution in [1.82, 2.24) is 0 Å². The highest BCUT2D eigenvalue weighted by molar-refractivity contribution is 6.30. The molecule has 18 heavy (non-hydrogen) atoms. The topological polar surface area (TPSA) is 33.0 Å². The summed E-state index contributed by atoms with van der Waals surface area (Å²) in [5.74, 6) is 0.351. The molecule has 0 aromatic heterocycles. The van der Waals surface area contributed by atoms with Crippen molar-refractivity contribution in [3.05, 3.63) is 58.4 Å². The number of aryl methyl sites for hydroxylation is 1. The van der Waals surface area contributed by atoms with E-state index in [1.54, 1.807) is 12.1 Å². The van der Waals surface area contributed by atoms with Crippen molar-refractivity contribution in [2.45, 2.75) is 6.92 Å². The van der Waals surface area contributed by atoms with Crippen LogP contribution in [0.25, 0.3) is 0 Å². The van der Waals surface area contributed by atoms with Crippen LogP contribution in [0, 0.1) is 24.1 Å². The molecule has 2 aromatic rings. The Morgan fingerprint density at radius 3 is 2.72 bits per heavy atom. The molecule has 0 saturated heterocycles. The van der Waals surface area contributed by atoms with E-state index in [1.165, 1.54) is 18.2 Å². The molecule has 0 unspecified atom stereocenters. The van der Waals surface area contributed by atoms with Gasteiger partial charge in [-0.1, -0.05) is 23.7 Å². The summed E-state index contributed by atoms with van der Waals surface area (Å²) < 4.78 is 18.6. The maximum Gasteiger partial charge on any atom is 0.148 e. The zero-order chi connectivity index (χ0) is 13.1. The zero-order valence-corrected chi connectivity index (χ0v) is 10.3. The van der Waals surface area contributed by atoms with Crippen LogP contribution in [0.3, 0.4) is 0 Å². The van der Waals surface area contributed by atoms with E-state index in [-0.39, 0.29) is 5.02 Å². The third-order valence-corrected chi connectivity index (χ3v) is 2.73. The van der Waals surface area contributed by atoms with Crippen LogP contribution in [0.15, 0.2) is 36.4 Å². The van der Waals surface area contributed by atoms with Gasteiger partial charge < -0.3 is 4.74 Å². The van der Waals surface area contributed by atoms with Gasteiger partial charge >= 0.3 is 0 Å². The molecule has 0 fully saturated rings. The molecule has 0 heterocycles. The monoisotopic (exact) mass is 261 g/mol. The van der Waals surface area contributed by atoms with Crippen LogP contribution < -0.4 is 4.74 Å². The molecule has 0 amide bonds. The van der Waals surface area contributed by atoms with Gasteiger partial charge in [0.2, 0.25) is 0 Å². The van der Waals surface area contributed by atoms with E-state index >= 15 is 0 Å². The van der Waals surface area contributed by atoms with Gasteiger partial charge in [-0.15, -0.1) is 0 Å². The van der Waals surface area contributed by atoms with E-state index in [1.807, 2.05) is 13.0 Å². The number of hydrogen-bond donors (Lipinski definition) is 0. The van der Waals surface area contributed by atoms with Crippen LogP contribution >= 0.6 is 11.6 Å². The van der Waals surface area contributed by atoms with Crippen molar-refractivity contribution in [2.24, 2.45) is 0 Å². The summed E-state index contributed by atoms with van der Waals surface area (Å²) in [6.45, 7) is 1.83. The number of ether oxygens (including phenoxy) is 1. The fourth-order valence-corrected chi connectivity index (χ4v) is 1.70. The summed E-state index contributed by atoms with van der Waals surface area (Å²) in [6, 6.07) is 11.4. The van der Waals surface area contributed by atoms with Crippen LogP contribution in [0.1, 0.15) is 11.1 Å². The van der Waals surface area contributed by atoms with Gasteiger partial charge in [0.1, 0.15) is 23.4 Å². The van der Waals surface area contributed by atoms with Gasteiger partial charge in [0, 0.05) is 6.07 Å². The van der Waals surface area contributed by atoms with Crippen molar-refractivity contribution in [1.29, 1.82) is 5.26 Å². The lowest BCUT2D eigenvalue weighted by molar-refractivity contribution is 0.475. The Morgan fingerprint density at radius 1 is 1.28 bits per heavy atom. The number of nitriles is 1. The van der Waals surface area contributed by atoms with Crippen molar-refractivity contribution >= 4 is 11.6 Å². The average molecular weight is 262 g/mol. The highest BCUT2D eigenvalue weighted by Crippen LogP contribution is 2.30. The van der Waals surface area contributed by atoms with Crippen LogP contribution in [0.5, 0.6) is 11.5 Å². The second-order valence-electron chi connectivity index (χ2n) is 3.74. The van der Waals surface area contributed by atoms with E-state index < -0.39 is 5.82 Å². The molecule has 0 aliphatic heterocycles. The summed E-state index contributed by atoms with van der Waals surface area (Å²) in [5.41, 5.74) is 1.25. The minimum atomic E-state index is -0.505. The minimum Gasteiger partial charge on any atom is -0.456 e. The van der Waals surface area contributed by atoms with Gasteiger partial charge in [-0.05, 0) is 30.7 Å². The predicted octanol–water partition coefficient (Wildman–Crippen LogP) is 4.45. The molecular formula is C14H9ClFNO. The summed E-state index contributed by atoms with van der Waals surface area (Å²) >= 11 is 5.67. The van der Waals surface area contributed by atoms with Crippen LogP contribution in [-0.2, 0) is 0 Å². The standard InChI is InChI=1S/C14H9ClFNO/c1-9-3-2-4-10(8-17)14(9)18-11-5-6-13(16)12(15)7-11/h2-7H,1H3. The lowest BCUT2D eigenvalue weighted by atomic mass is 10.1. The number of rotatable bonds is 2. The number of nitrogens with zero attached hydrogens (tertiary/aromatic N) is 1. The molecule has 0 atom stereocenters. The summed E-state index contributed by atoms with van der Waals surface area (Å²) in [4.78, 5) is 0. The first-order valence-corrected chi connectivity index (χ1v) is 5.62. The SMILES string of the molecule is Cc1cccc(C#N)c1Oc1ccc(F)c(Cl)c1. The van der Waals surface area contributed by atoms with Gasteiger partial charge in [-0.25, -0.2) is 4.39 Å². The molecule has 0 N–H and O–H groups in total. The van der Waals surface area contributed by atoms with Crippen molar-refractivity contribution in [3.8, 4) is 17.6 Å². The maximum absolute atomic E-state index is 13.0.